The summed E-state index contributed by atoms with van der Waals surface area (Å²) in [7, 11) is 0. The van der Waals surface area contributed by atoms with Gasteiger partial charge in [-0.05, 0) is 31.2 Å². The molecule has 0 amide bonds. The van der Waals surface area contributed by atoms with Gasteiger partial charge in [0, 0.05) is 0 Å². The maximum Gasteiger partial charge on any atom is 0.0848 e. The number of hydrogen-bond donors (Lipinski definition) is 1. The van der Waals surface area contributed by atoms with E-state index in [0.717, 1.165) is 11.5 Å². The highest BCUT2D eigenvalue weighted by Gasteiger charge is 2.05. The molecule has 104 valence electrons. The second kappa shape index (κ2) is 15.6. The summed E-state index contributed by atoms with van der Waals surface area (Å²) in [4.78, 5) is 3.04. The van der Waals surface area contributed by atoms with Crippen molar-refractivity contribution < 1.29 is 14.6 Å². The van der Waals surface area contributed by atoms with Crippen molar-refractivity contribution in [2.75, 3.05) is 13.2 Å². The summed E-state index contributed by atoms with van der Waals surface area (Å²) in [6, 6.07) is 0. The summed E-state index contributed by atoms with van der Waals surface area (Å²) in [5.74, 6) is 1.04. The molecule has 0 heterocycles. The van der Waals surface area contributed by atoms with Gasteiger partial charge < -0.3 is 5.11 Å². The highest BCUT2D eigenvalue weighted by Crippen LogP contribution is 2.22. The molecule has 0 spiro atoms. The topological polar surface area (TPSA) is 29.5 Å². The second-order valence-corrected chi connectivity index (χ2v) is 4.61. The van der Waals surface area contributed by atoms with Crippen LogP contribution in [0, 0.1) is 5.92 Å². The molecule has 3 heteroatoms. The van der Waals surface area contributed by atoms with E-state index in [1.165, 1.54) is 32.1 Å². The summed E-state index contributed by atoms with van der Waals surface area (Å²) >= 11 is 0. The van der Waals surface area contributed by atoms with E-state index < -0.39 is 0 Å². The zero-order chi connectivity index (χ0) is 13.5. The van der Waals surface area contributed by atoms with E-state index in [-0.39, 0.29) is 13.2 Å². The largest absolute Gasteiger partial charge is 0.392 e. The molecule has 1 aliphatic carbocycles. The van der Waals surface area contributed by atoms with E-state index in [0.29, 0.717) is 0 Å². The molecular weight excluding hydrogens is 219 g/mol. The SMILES string of the molecule is CC(C)=CCO.CC1CCCCC1.CCOF. The van der Waals surface area contributed by atoms with Crippen LogP contribution in [-0.4, -0.2) is 18.3 Å². The molecule has 0 aromatic rings. The van der Waals surface area contributed by atoms with Crippen LogP contribution in [0.2, 0.25) is 0 Å². The molecule has 1 rings (SSSR count). The first-order valence-electron chi connectivity index (χ1n) is 6.56. The van der Waals surface area contributed by atoms with Gasteiger partial charge in [-0.1, -0.05) is 50.7 Å². The van der Waals surface area contributed by atoms with Crippen molar-refractivity contribution >= 4 is 0 Å². The predicted molar refractivity (Wildman–Crippen MR) is 71.5 cm³/mol. The van der Waals surface area contributed by atoms with Gasteiger partial charge >= 0.3 is 0 Å². The Morgan fingerprint density at radius 3 is 1.88 bits per heavy atom. The van der Waals surface area contributed by atoms with E-state index in [4.69, 9.17) is 5.11 Å². The van der Waals surface area contributed by atoms with Gasteiger partial charge in [0.2, 0.25) is 0 Å². The number of allylic oxidation sites excluding steroid dienone is 1. The van der Waals surface area contributed by atoms with Gasteiger partial charge in [-0.3, -0.25) is 0 Å². The lowest BCUT2D eigenvalue weighted by atomic mass is 9.91. The van der Waals surface area contributed by atoms with Gasteiger partial charge in [-0.25, -0.2) is 0 Å². The molecule has 1 N–H and O–H groups in total. The van der Waals surface area contributed by atoms with Crippen molar-refractivity contribution in [1.82, 2.24) is 0 Å². The third kappa shape index (κ3) is 21.4. The van der Waals surface area contributed by atoms with Crippen LogP contribution in [0.4, 0.5) is 4.53 Å². The third-order valence-corrected chi connectivity index (χ3v) is 2.50. The Morgan fingerprint density at radius 1 is 1.29 bits per heavy atom. The van der Waals surface area contributed by atoms with E-state index in [9.17, 15) is 4.53 Å². The molecule has 2 nitrogen and oxygen atoms in total. The van der Waals surface area contributed by atoms with Crippen molar-refractivity contribution in [1.29, 1.82) is 0 Å². The Kier molecular flexibility index (Phi) is 17.4. The van der Waals surface area contributed by atoms with Crippen molar-refractivity contribution in [2.24, 2.45) is 5.92 Å². The Morgan fingerprint density at radius 2 is 1.76 bits per heavy atom. The van der Waals surface area contributed by atoms with Gasteiger partial charge in [0.1, 0.15) is 0 Å². The quantitative estimate of drug-likeness (QED) is 0.732. The van der Waals surface area contributed by atoms with Crippen LogP contribution in [0.5, 0.6) is 0 Å². The number of halogens is 1. The molecule has 0 bridgehead atoms. The minimum atomic E-state index is 0.153. The lowest BCUT2D eigenvalue weighted by molar-refractivity contribution is -0.125. The molecule has 1 aliphatic rings. The highest BCUT2D eigenvalue weighted by molar-refractivity contribution is 4.91. The molecule has 0 saturated heterocycles. The Labute approximate surface area is 106 Å². The maximum absolute atomic E-state index is 10.2. The van der Waals surface area contributed by atoms with Crippen molar-refractivity contribution in [3.63, 3.8) is 0 Å². The van der Waals surface area contributed by atoms with Crippen molar-refractivity contribution in [3.8, 4) is 0 Å². The molecule has 1 saturated carbocycles. The van der Waals surface area contributed by atoms with Gasteiger partial charge in [0.05, 0.1) is 13.2 Å². The van der Waals surface area contributed by atoms with Gasteiger partial charge in [-0.2, -0.15) is 4.94 Å². The molecule has 0 unspecified atom stereocenters. The van der Waals surface area contributed by atoms with Crippen LogP contribution < -0.4 is 0 Å². The molecule has 0 aromatic heterocycles. The normalized spacial score (nSPS) is 14.9. The van der Waals surface area contributed by atoms with E-state index >= 15 is 0 Å². The average molecular weight is 248 g/mol. The van der Waals surface area contributed by atoms with E-state index in [1.54, 1.807) is 13.0 Å². The van der Waals surface area contributed by atoms with Crippen LogP contribution >= 0.6 is 0 Å². The summed E-state index contributed by atoms with van der Waals surface area (Å²) in [5.41, 5.74) is 1.16. The van der Waals surface area contributed by atoms with Crippen LogP contribution in [0.25, 0.3) is 0 Å². The van der Waals surface area contributed by atoms with Crippen LogP contribution in [0.1, 0.15) is 59.8 Å². The lowest BCUT2D eigenvalue weighted by Gasteiger charge is -2.15. The van der Waals surface area contributed by atoms with Crippen LogP contribution in [0.15, 0.2) is 11.6 Å². The Bertz CT molecular complexity index is 158. The fourth-order valence-corrected chi connectivity index (χ4v) is 1.49. The minimum Gasteiger partial charge on any atom is -0.392 e. The smallest absolute Gasteiger partial charge is 0.0848 e. The summed E-state index contributed by atoms with van der Waals surface area (Å²) in [5, 5.41) is 8.16. The fourth-order valence-electron chi connectivity index (χ4n) is 1.49. The molecule has 0 radical (unpaired) electrons. The van der Waals surface area contributed by atoms with Crippen molar-refractivity contribution in [2.45, 2.75) is 59.8 Å². The Hall–Kier alpha value is -0.410. The zero-order valence-corrected chi connectivity index (χ0v) is 11.8. The molecule has 0 atom stereocenters. The van der Waals surface area contributed by atoms with Crippen LogP contribution in [0.3, 0.4) is 0 Å². The first kappa shape index (κ1) is 18.9. The third-order valence-electron chi connectivity index (χ3n) is 2.50. The average Bonchev–Trinajstić information content (AvgIpc) is 2.31. The maximum atomic E-state index is 10.2. The standard InChI is InChI=1S/C7H14.C5H10O.C2H5FO/c1-7-5-3-2-4-6-7;1-5(2)3-4-6;1-2-4-3/h7H,2-6H2,1H3;3,6H,4H2,1-2H3;2H2,1H3. The van der Waals surface area contributed by atoms with Gasteiger partial charge in [0.15, 0.2) is 0 Å². The van der Waals surface area contributed by atoms with Crippen molar-refractivity contribution in [3.05, 3.63) is 11.6 Å². The number of rotatable bonds is 2. The molecule has 0 aromatic carbocycles. The first-order chi connectivity index (χ1) is 8.08. The molecule has 17 heavy (non-hydrogen) atoms. The van der Waals surface area contributed by atoms with E-state index in [1.807, 2.05) is 13.8 Å². The van der Waals surface area contributed by atoms with Gasteiger partial charge in [0.25, 0.3) is 0 Å². The Balaban J connectivity index is 0. The first-order valence-corrected chi connectivity index (χ1v) is 6.56. The fraction of sp³-hybridized carbons (Fsp3) is 0.857. The number of aliphatic hydroxyl groups excluding tert-OH is 1. The molecule has 0 aliphatic heterocycles. The predicted octanol–water partition coefficient (Wildman–Crippen LogP) is 4.44. The minimum absolute atomic E-state index is 0.153. The zero-order valence-electron chi connectivity index (χ0n) is 11.8. The number of hydrogen-bond acceptors (Lipinski definition) is 2. The van der Waals surface area contributed by atoms with E-state index in [2.05, 4.69) is 11.9 Å². The molecular formula is C14H29FO2. The highest BCUT2D eigenvalue weighted by atomic mass is 19.3. The second-order valence-electron chi connectivity index (χ2n) is 4.61. The monoisotopic (exact) mass is 248 g/mol. The molecule has 1 fully saturated rings. The summed E-state index contributed by atoms with van der Waals surface area (Å²) in [6.07, 6.45) is 9.20. The number of aliphatic hydroxyl groups is 1. The van der Waals surface area contributed by atoms with Crippen LogP contribution in [-0.2, 0) is 4.94 Å². The van der Waals surface area contributed by atoms with Gasteiger partial charge in [-0.15, -0.1) is 0 Å². The summed E-state index contributed by atoms with van der Waals surface area (Å²) in [6.45, 7) is 8.17. The summed E-state index contributed by atoms with van der Waals surface area (Å²) < 4.78 is 10.2. The lowest BCUT2D eigenvalue weighted by Crippen LogP contribution is -1.99.